The summed E-state index contributed by atoms with van der Waals surface area (Å²) in [5.74, 6) is 0. The van der Waals surface area contributed by atoms with E-state index in [-0.39, 0.29) is 4.90 Å². The molecule has 1 heterocycles. The van der Waals surface area contributed by atoms with Crippen molar-refractivity contribution in [3.63, 3.8) is 0 Å². The molecule has 18 heavy (non-hydrogen) atoms. The van der Waals surface area contributed by atoms with Crippen LogP contribution in [0.2, 0.25) is 0 Å². The number of pyridine rings is 1. The van der Waals surface area contributed by atoms with E-state index in [0.29, 0.717) is 32.7 Å². The smallest absolute Gasteiger partial charge is 0.244 e. The molecule has 0 amide bonds. The summed E-state index contributed by atoms with van der Waals surface area (Å²) < 4.78 is 31.0. The summed E-state index contributed by atoms with van der Waals surface area (Å²) in [4.78, 5) is 4.02. The summed E-state index contributed by atoms with van der Waals surface area (Å²) in [6.45, 7) is 1.50. The molecule has 6 nitrogen and oxygen atoms in total. The van der Waals surface area contributed by atoms with E-state index in [1.807, 2.05) is 0 Å². The van der Waals surface area contributed by atoms with Crippen LogP contribution >= 0.6 is 0 Å². The first-order valence-corrected chi connectivity index (χ1v) is 7.16. The van der Waals surface area contributed by atoms with Crippen molar-refractivity contribution in [1.29, 1.82) is 0 Å². The number of sulfonamides is 1. The molecule has 2 N–H and O–H groups in total. The fourth-order valence-electron chi connectivity index (χ4n) is 1.46. The Morgan fingerprint density at radius 3 is 2.78 bits per heavy atom. The Morgan fingerprint density at radius 2 is 2.22 bits per heavy atom. The van der Waals surface area contributed by atoms with Gasteiger partial charge in [-0.25, -0.2) is 8.42 Å². The lowest BCUT2D eigenvalue weighted by molar-refractivity contribution is 0.178. The first-order chi connectivity index (χ1) is 8.62. The summed E-state index contributed by atoms with van der Waals surface area (Å²) in [5.41, 5.74) is 5.42. The first kappa shape index (κ1) is 15.0. The van der Waals surface area contributed by atoms with Gasteiger partial charge in [-0.15, -0.1) is 0 Å². The molecule has 1 aromatic rings. The Bertz CT molecular complexity index is 428. The van der Waals surface area contributed by atoms with Crippen LogP contribution in [0.4, 0.5) is 0 Å². The number of aromatic nitrogens is 1. The van der Waals surface area contributed by atoms with Gasteiger partial charge in [0.05, 0.1) is 6.61 Å². The first-order valence-electron chi connectivity index (χ1n) is 5.72. The van der Waals surface area contributed by atoms with Crippen LogP contribution in [0.15, 0.2) is 29.4 Å². The number of nitrogens with zero attached hydrogens (tertiary/aromatic N) is 2. The van der Waals surface area contributed by atoms with E-state index in [0.717, 1.165) is 0 Å². The number of ether oxygens (including phenoxy) is 1. The topological polar surface area (TPSA) is 85.5 Å². The molecule has 0 aliphatic rings. The van der Waals surface area contributed by atoms with Gasteiger partial charge in [0.2, 0.25) is 10.0 Å². The largest absolute Gasteiger partial charge is 0.383 e. The maximum Gasteiger partial charge on any atom is 0.244 e. The van der Waals surface area contributed by atoms with Gasteiger partial charge in [0, 0.05) is 32.6 Å². The van der Waals surface area contributed by atoms with Crippen molar-refractivity contribution in [1.82, 2.24) is 9.29 Å². The summed E-state index contributed by atoms with van der Waals surface area (Å²) in [6, 6.07) is 3.13. The molecule has 1 rings (SSSR count). The third-order valence-electron chi connectivity index (χ3n) is 2.43. The van der Waals surface area contributed by atoms with E-state index in [4.69, 9.17) is 10.5 Å². The third-order valence-corrected chi connectivity index (χ3v) is 4.31. The van der Waals surface area contributed by atoms with Crippen molar-refractivity contribution >= 4 is 10.0 Å². The molecule has 7 heteroatoms. The molecule has 0 fully saturated rings. The van der Waals surface area contributed by atoms with Crippen molar-refractivity contribution in [2.45, 2.75) is 11.3 Å². The van der Waals surface area contributed by atoms with Gasteiger partial charge in [0.15, 0.2) is 0 Å². The second kappa shape index (κ2) is 7.42. The molecule has 1 aromatic heterocycles. The Labute approximate surface area is 108 Å². The maximum absolute atomic E-state index is 12.3. The minimum Gasteiger partial charge on any atom is -0.383 e. The third kappa shape index (κ3) is 4.02. The van der Waals surface area contributed by atoms with Gasteiger partial charge in [-0.1, -0.05) is 0 Å². The summed E-state index contributed by atoms with van der Waals surface area (Å²) in [5, 5.41) is 0. The van der Waals surface area contributed by atoms with Crippen molar-refractivity contribution in [3.8, 4) is 0 Å². The lowest BCUT2D eigenvalue weighted by atomic mass is 10.4. The van der Waals surface area contributed by atoms with E-state index < -0.39 is 10.0 Å². The van der Waals surface area contributed by atoms with Gasteiger partial charge in [0.1, 0.15) is 4.90 Å². The fourth-order valence-corrected chi connectivity index (χ4v) is 2.89. The molecule has 102 valence electrons. The van der Waals surface area contributed by atoms with Gasteiger partial charge in [-0.3, -0.25) is 4.98 Å². The van der Waals surface area contributed by atoms with Crippen LogP contribution in [0, 0.1) is 0 Å². The molecule has 0 aliphatic carbocycles. The van der Waals surface area contributed by atoms with Gasteiger partial charge in [-0.2, -0.15) is 4.31 Å². The molecule has 0 atom stereocenters. The quantitative estimate of drug-likeness (QED) is 0.724. The zero-order valence-corrected chi connectivity index (χ0v) is 11.3. The maximum atomic E-state index is 12.3. The highest BCUT2D eigenvalue weighted by atomic mass is 32.2. The van der Waals surface area contributed by atoms with Crippen molar-refractivity contribution in [3.05, 3.63) is 24.5 Å². The molecule has 0 radical (unpaired) electrons. The van der Waals surface area contributed by atoms with Crippen molar-refractivity contribution in [2.24, 2.45) is 5.73 Å². The zero-order chi connectivity index (χ0) is 13.4. The molecule has 0 spiro atoms. The molecule has 0 saturated heterocycles. The minimum atomic E-state index is -3.51. The van der Waals surface area contributed by atoms with Crippen LogP contribution in [-0.4, -0.2) is 51.1 Å². The number of nitrogens with two attached hydrogens (primary N) is 1. The van der Waals surface area contributed by atoms with E-state index in [2.05, 4.69) is 4.98 Å². The van der Waals surface area contributed by atoms with Crippen LogP contribution < -0.4 is 5.73 Å². The Morgan fingerprint density at radius 1 is 1.44 bits per heavy atom. The number of hydrogen-bond acceptors (Lipinski definition) is 5. The minimum absolute atomic E-state index is 0.193. The van der Waals surface area contributed by atoms with Crippen LogP contribution in [-0.2, 0) is 14.8 Å². The number of rotatable bonds is 8. The highest BCUT2D eigenvalue weighted by Crippen LogP contribution is 2.14. The van der Waals surface area contributed by atoms with Gasteiger partial charge >= 0.3 is 0 Å². The van der Waals surface area contributed by atoms with Gasteiger partial charge in [-0.05, 0) is 25.1 Å². The summed E-state index contributed by atoms with van der Waals surface area (Å²) in [7, 11) is -1.97. The van der Waals surface area contributed by atoms with Crippen LogP contribution in [0.5, 0.6) is 0 Å². The monoisotopic (exact) mass is 273 g/mol. The SMILES string of the molecule is COCCN(CCCN)S(=O)(=O)c1cccnc1. The van der Waals surface area contributed by atoms with Gasteiger partial charge in [0.25, 0.3) is 0 Å². The van der Waals surface area contributed by atoms with Crippen molar-refractivity contribution < 1.29 is 13.2 Å². The molecule has 0 saturated carbocycles. The molecular formula is C11H19N3O3S. The number of hydrogen-bond donors (Lipinski definition) is 1. The van der Waals surface area contributed by atoms with E-state index in [9.17, 15) is 8.42 Å². The van der Waals surface area contributed by atoms with Crippen LogP contribution in [0.25, 0.3) is 0 Å². The van der Waals surface area contributed by atoms with Crippen LogP contribution in [0.3, 0.4) is 0 Å². The standard InChI is InChI=1S/C11H19N3O3S/c1-17-9-8-14(7-3-5-12)18(15,16)11-4-2-6-13-10-11/h2,4,6,10H,3,5,7-9,12H2,1H3. The molecule has 0 aromatic carbocycles. The molecule has 0 bridgehead atoms. The lowest BCUT2D eigenvalue weighted by Crippen LogP contribution is -2.35. The van der Waals surface area contributed by atoms with E-state index >= 15 is 0 Å². The Kier molecular flexibility index (Phi) is 6.20. The molecule has 0 aliphatic heterocycles. The van der Waals surface area contributed by atoms with E-state index in [1.165, 1.54) is 23.7 Å². The molecular weight excluding hydrogens is 254 g/mol. The zero-order valence-electron chi connectivity index (χ0n) is 10.4. The summed E-state index contributed by atoms with van der Waals surface area (Å²) in [6.07, 6.45) is 3.50. The normalized spacial score (nSPS) is 11.9. The fraction of sp³-hybridized carbons (Fsp3) is 0.545. The second-order valence-electron chi connectivity index (χ2n) is 3.73. The van der Waals surface area contributed by atoms with E-state index in [1.54, 1.807) is 12.3 Å². The average Bonchev–Trinajstić information content (AvgIpc) is 2.39. The lowest BCUT2D eigenvalue weighted by Gasteiger charge is -2.21. The average molecular weight is 273 g/mol. The van der Waals surface area contributed by atoms with Crippen molar-refractivity contribution in [2.75, 3.05) is 33.4 Å². The van der Waals surface area contributed by atoms with Gasteiger partial charge < -0.3 is 10.5 Å². The highest BCUT2D eigenvalue weighted by Gasteiger charge is 2.23. The number of methoxy groups -OCH3 is 1. The Balaban J connectivity index is 2.88. The highest BCUT2D eigenvalue weighted by molar-refractivity contribution is 7.89. The Hall–Kier alpha value is -1.02. The van der Waals surface area contributed by atoms with Crippen LogP contribution in [0.1, 0.15) is 6.42 Å². The predicted molar refractivity (Wildman–Crippen MR) is 68.5 cm³/mol. The molecule has 0 unspecified atom stereocenters. The summed E-state index contributed by atoms with van der Waals surface area (Å²) >= 11 is 0. The second-order valence-corrected chi connectivity index (χ2v) is 5.67. The predicted octanol–water partition coefficient (Wildman–Crippen LogP) is 0.0675.